The van der Waals surface area contributed by atoms with Gasteiger partial charge in [0.1, 0.15) is 0 Å². The summed E-state index contributed by atoms with van der Waals surface area (Å²) in [5, 5.41) is 11.3. The van der Waals surface area contributed by atoms with E-state index in [1.165, 1.54) is 6.07 Å². The van der Waals surface area contributed by atoms with Crippen molar-refractivity contribution in [1.82, 2.24) is 19.6 Å². The van der Waals surface area contributed by atoms with Crippen LogP contribution in [0.4, 0.5) is 0 Å². The standard InChI is InChI=1S/C8H10N6OS/c1-4-2-6(15)12-8-11-5(13-14(4)8)3-16-7(9)10/h2H,3H2,1H3,(H3,9,10)(H,11,12,13,15). The van der Waals surface area contributed by atoms with Crippen LogP contribution in [0.15, 0.2) is 10.9 Å². The van der Waals surface area contributed by atoms with Gasteiger partial charge in [0.15, 0.2) is 11.0 Å². The smallest absolute Gasteiger partial charge is 0.252 e. The highest BCUT2D eigenvalue weighted by Gasteiger charge is 2.07. The Kier molecular flexibility index (Phi) is 2.65. The molecule has 0 bridgehead atoms. The van der Waals surface area contributed by atoms with Crippen LogP contribution in [0.1, 0.15) is 11.5 Å². The van der Waals surface area contributed by atoms with Crippen molar-refractivity contribution < 1.29 is 0 Å². The lowest BCUT2D eigenvalue weighted by molar-refractivity contribution is 0.868. The van der Waals surface area contributed by atoms with Crippen LogP contribution in [0.5, 0.6) is 0 Å². The molecule has 2 aromatic rings. The molecule has 2 aromatic heterocycles. The van der Waals surface area contributed by atoms with Crippen molar-refractivity contribution in [3.63, 3.8) is 0 Å². The molecule has 0 aliphatic carbocycles. The Bertz CT molecular complexity index is 600. The number of nitrogens with zero attached hydrogens (tertiary/aromatic N) is 3. The Morgan fingerprint density at radius 3 is 3.19 bits per heavy atom. The van der Waals surface area contributed by atoms with Gasteiger partial charge in [0.2, 0.25) is 5.78 Å². The monoisotopic (exact) mass is 238 g/mol. The average Bonchev–Trinajstić information content (AvgIpc) is 2.57. The number of nitrogens with two attached hydrogens (primary N) is 1. The van der Waals surface area contributed by atoms with Crippen molar-refractivity contribution >= 4 is 22.7 Å². The summed E-state index contributed by atoms with van der Waals surface area (Å²) in [4.78, 5) is 17.9. The van der Waals surface area contributed by atoms with Crippen molar-refractivity contribution in [2.45, 2.75) is 12.7 Å². The van der Waals surface area contributed by atoms with Gasteiger partial charge in [0.05, 0.1) is 5.75 Å². The molecular formula is C8H10N6OS. The van der Waals surface area contributed by atoms with Crippen LogP contribution < -0.4 is 11.3 Å². The molecule has 0 amide bonds. The molecule has 0 spiro atoms. The Morgan fingerprint density at radius 2 is 2.50 bits per heavy atom. The van der Waals surface area contributed by atoms with Crippen molar-refractivity contribution in [2.75, 3.05) is 0 Å². The molecule has 0 aliphatic heterocycles. The molecule has 7 nitrogen and oxygen atoms in total. The normalized spacial score (nSPS) is 10.8. The molecule has 2 rings (SSSR count). The number of hydrogen-bond donors (Lipinski definition) is 3. The SMILES string of the molecule is Cc1cc(=O)[nH]c2nc(CSC(=N)N)nn12. The fourth-order valence-corrected chi connectivity index (χ4v) is 1.69. The number of aromatic nitrogens is 4. The van der Waals surface area contributed by atoms with Crippen molar-refractivity contribution in [1.29, 1.82) is 5.41 Å². The zero-order valence-electron chi connectivity index (χ0n) is 8.52. The van der Waals surface area contributed by atoms with Crippen LogP contribution in [-0.2, 0) is 5.75 Å². The molecule has 84 valence electrons. The molecule has 0 aliphatic rings. The van der Waals surface area contributed by atoms with E-state index in [9.17, 15) is 4.79 Å². The third kappa shape index (κ3) is 2.06. The molecule has 0 saturated carbocycles. The first-order valence-electron chi connectivity index (χ1n) is 4.48. The van der Waals surface area contributed by atoms with E-state index < -0.39 is 0 Å². The Balaban J connectivity index is 2.40. The van der Waals surface area contributed by atoms with Crippen LogP contribution in [0.2, 0.25) is 0 Å². The van der Waals surface area contributed by atoms with E-state index in [1.807, 2.05) is 0 Å². The van der Waals surface area contributed by atoms with E-state index >= 15 is 0 Å². The third-order valence-electron chi connectivity index (χ3n) is 1.92. The number of thioether (sulfide) groups is 1. The Labute approximate surface area is 94.6 Å². The third-order valence-corrected chi connectivity index (χ3v) is 2.63. The van der Waals surface area contributed by atoms with Gasteiger partial charge in [-0.25, -0.2) is 4.52 Å². The largest absolute Gasteiger partial charge is 0.379 e. The van der Waals surface area contributed by atoms with E-state index in [1.54, 1.807) is 11.4 Å². The predicted molar refractivity (Wildman–Crippen MR) is 61.6 cm³/mol. The fraction of sp³-hybridized carbons (Fsp3) is 0.250. The minimum Gasteiger partial charge on any atom is -0.379 e. The van der Waals surface area contributed by atoms with Gasteiger partial charge in [0.25, 0.3) is 5.56 Å². The van der Waals surface area contributed by atoms with E-state index in [0.717, 1.165) is 11.8 Å². The van der Waals surface area contributed by atoms with Gasteiger partial charge < -0.3 is 5.73 Å². The first-order valence-corrected chi connectivity index (χ1v) is 5.47. The topological polar surface area (TPSA) is 113 Å². The zero-order valence-corrected chi connectivity index (χ0v) is 9.34. The fourth-order valence-electron chi connectivity index (χ4n) is 1.28. The summed E-state index contributed by atoms with van der Waals surface area (Å²) < 4.78 is 1.55. The maximum Gasteiger partial charge on any atom is 0.252 e. The van der Waals surface area contributed by atoms with Gasteiger partial charge in [0, 0.05) is 11.8 Å². The number of aromatic amines is 1. The summed E-state index contributed by atoms with van der Waals surface area (Å²) in [6, 6.07) is 1.45. The molecule has 0 fully saturated rings. The quantitative estimate of drug-likeness (QED) is 0.497. The maximum atomic E-state index is 11.2. The predicted octanol–water partition coefficient (Wildman–Crippen LogP) is -0.147. The molecule has 2 heterocycles. The summed E-state index contributed by atoms with van der Waals surface area (Å²) in [5.74, 6) is 1.35. The number of rotatable bonds is 2. The van der Waals surface area contributed by atoms with Crippen LogP contribution in [0.25, 0.3) is 5.78 Å². The first-order chi connectivity index (χ1) is 7.56. The second-order valence-corrected chi connectivity index (χ2v) is 4.21. The molecular weight excluding hydrogens is 228 g/mol. The Hall–Kier alpha value is -1.83. The minimum absolute atomic E-state index is 0.0177. The van der Waals surface area contributed by atoms with Crippen molar-refractivity contribution in [2.24, 2.45) is 5.73 Å². The molecule has 16 heavy (non-hydrogen) atoms. The number of hydrogen-bond acceptors (Lipinski definition) is 5. The molecule has 0 aromatic carbocycles. The second-order valence-electron chi connectivity index (χ2n) is 3.19. The van der Waals surface area contributed by atoms with Crippen LogP contribution >= 0.6 is 11.8 Å². The number of fused-ring (bicyclic) bond motifs is 1. The van der Waals surface area contributed by atoms with Gasteiger partial charge >= 0.3 is 0 Å². The number of nitrogens with one attached hydrogen (secondary N) is 2. The Morgan fingerprint density at radius 1 is 1.75 bits per heavy atom. The van der Waals surface area contributed by atoms with Gasteiger partial charge in [-0.1, -0.05) is 11.8 Å². The lowest BCUT2D eigenvalue weighted by Crippen LogP contribution is -2.09. The summed E-state index contributed by atoms with van der Waals surface area (Å²) >= 11 is 1.14. The van der Waals surface area contributed by atoms with Crippen LogP contribution in [-0.4, -0.2) is 24.7 Å². The first kappa shape index (κ1) is 10.7. The summed E-state index contributed by atoms with van der Waals surface area (Å²) in [5.41, 5.74) is 5.72. The minimum atomic E-state index is -0.205. The molecule has 0 unspecified atom stereocenters. The van der Waals surface area contributed by atoms with E-state index in [-0.39, 0.29) is 10.7 Å². The highest BCUT2D eigenvalue weighted by atomic mass is 32.2. The number of aryl methyl sites for hydroxylation is 1. The molecule has 0 saturated heterocycles. The maximum absolute atomic E-state index is 11.2. The van der Waals surface area contributed by atoms with Crippen LogP contribution in [0.3, 0.4) is 0 Å². The van der Waals surface area contributed by atoms with Crippen molar-refractivity contribution in [3.05, 3.63) is 27.9 Å². The molecule has 0 radical (unpaired) electrons. The summed E-state index contributed by atoms with van der Waals surface area (Å²) in [6.45, 7) is 1.78. The zero-order chi connectivity index (χ0) is 11.7. The lowest BCUT2D eigenvalue weighted by Gasteiger charge is -1.94. The van der Waals surface area contributed by atoms with Crippen LogP contribution in [0, 0.1) is 12.3 Å². The molecule has 8 heteroatoms. The molecule has 4 N–H and O–H groups in total. The second kappa shape index (κ2) is 3.97. The summed E-state index contributed by atoms with van der Waals surface area (Å²) in [7, 11) is 0. The van der Waals surface area contributed by atoms with Gasteiger partial charge in [-0.05, 0) is 6.92 Å². The van der Waals surface area contributed by atoms with Crippen molar-refractivity contribution in [3.8, 4) is 0 Å². The number of amidine groups is 1. The van der Waals surface area contributed by atoms with Gasteiger partial charge in [-0.2, -0.15) is 4.98 Å². The van der Waals surface area contributed by atoms with E-state index in [0.29, 0.717) is 23.0 Å². The van der Waals surface area contributed by atoms with Gasteiger partial charge in [-0.3, -0.25) is 15.2 Å². The highest BCUT2D eigenvalue weighted by molar-refractivity contribution is 8.12. The number of H-pyrrole nitrogens is 1. The van der Waals surface area contributed by atoms with E-state index in [4.69, 9.17) is 11.1 Å². The highest BCUT2D eigenvalue weighted by Crippen LogP contribution is 2.08. The average molecular weight is 238 g/mol. The van der Waals surface area contributed by atoms with E-state index in [2.05, 4.69) is 15.1 Å². The summed E-state index contributed by atoms with van der Waals surface area (Å²) in [6.07, 6.45) is 0. The lowest BCUT2D eigenvalue weighted by atomic mass is 10.4. The van der Waals surface area contributed by atoms with Gasteiger partial charge in [-0.15, -0.1) is 5.10 Å². The molecule has 0 atom stereocenters.